The first kappa shape index (κ1) is 15.1. The molecule has 0 aromatic rings. The minimum atomic E-state index is 0.294. The predicted molar refractivity (Wildman–Crippen MR) is 71.3 cm³/mol. The van der Waals surface area contributed by atoms with Crippen molar-refractivity contribution in [3.8, 4) is 0 Å². The Bertz CT molecular complexity index is 176. The molecule has 15 heavy (non-hydrogen) atoms. The highest BCUT2D eigenvalue weighted by Gasteiger charge is 2.34. The molecule has 0 nitrogen and oxygen atoms in total. The van der Waals surface area contributed by atoms with Gasteiger partial charge in [-0.15, -0.1) is 0 Å². The molecular formula is C14H29B. The number of hydrogen-bond acceptors (Lipinski definition) is 0. The Labute approximate surface area is 98.6 Å². The highest BCUT2D eigenvalue weighted by molar-refractivity contribution is 6.11. The summed E-state index contributed by atoms with van der Waals surface area (Å²) in [4.78, 5) is 0. The molecule has 0 amide bonds. The van der Waals surface area contributed by atoms with Crippen LogP contribution in [0, 0.1) is 29.1 Å². The molecule has 0 saturated heterocycles. The van der Waals surface area contributed by atoms with Crippen molar-refractivity contribution in [3.05, 3.63) is 0 Å². The van der Waals surface area contributed by atoms with Crippen LogP contribution in [0.5, 0.6) is 0 Å². The summed E-state index contributed by atoms with van der Waals surface area (Å²) in [6.07, 6.45) is 0. The van der Waals surface area contributed by atoms with Gasteiger partial charge in [-0.2, -0.15) is 0 Å². The Morgan fingerprint density at radius 1 is 0.867 bits per heavy atom. The molecule has 0 aromatic carbocycles. The maximum absolute atomic E-state index is 6.06. The average Bonchev–Trinajstić information content (AvgIpc) is 2.01. The lowest BCUT2D eigenvalue weighted by Crippen LogP contribution is -2.34. The van der Waals surface area contributed by atoms with Gasteiger partial charge in [0.25, 0.3) is 0 Å². The van der Waals surface area contributed by atoms with Crippen LogP contribution in [0.25, 0.3) is 0 Å². The highest BCUT2D eigenvalue weighted by atomic mass is 14.4. The first-order valence-electron chi connectivity index (χ1n) is 6.34. The van der Waals surface area contributed by atoms with E-state index >= 15 is 0 Å². The van der Waals surface area contributed by atoms with E-state index in [0.717, 1.165) is 0 Å². The Balaban J connectivity index is 4.82. The summed E-state index contributed by atoms with van der Waals surface area (Å²) >= 11 is 0. The molecule has 4 atom stereocenters. The molecule has 0 saturated carbocycles. The van der Waals surface area contributed by atoms with Crippen LogP contribution >= 0.6 is 0 Å². The van der Waals surface area contributed by atoms with Crippen molar-refractivity contribution < 1.29 is 0 Å². The largest absolute Gasteiger partial charge is 0.0774 e. The second kappa shape index (κ2) is 5.41. The third kappa shape index (κ3) is 4.21. The van der Waals surface area contributed by atoms with Gasteiger partial charge in [-0.1, -0.05) is 61.2 Å². The Morgan fingerprint density at radius 3 is 1.47 bits per heavy atom. The minimum absolute atomic E-state index is 0.294. The SMILES string of the molecule is [B]C(C)C(C)C(C(C)C)C(C)C(C)(C)C. The summed E-state index contributed by atoms with van der Waals surface area (Å²) in [5.41, 5.74) is 0.373. The predicted octanol–water partition coefficient (Wildman–Crippen LogP) is 4.55. The van der Waals surface area contributed by atoms with Crippen LogP contribution in [0.1, 0.15) is 55.4 Å². The lowest BCUT2D eigenvalue weighted by atomic mass is 9.61. The van der Waals surface area contributed by atoms with Crippen molar-refractivity contribution in [3.63, 3.8) is 0 Å². The molecule has 4 unspecified atom stereocenters. The van der Waals surface area contributed by atoms with Gasteiger partial charge in [0, 0.05) is 0 Å². The lowest BCUT2D eigenvalue weighted by Gasteiger charge is -2.42. The van der Waals surface area contributed by atoms with Gasteiger partial charge in [-0.05, 0) is 29.1 Å². The quantitative estimate of drug-likeness (QED) is 0.594. The van der Waals surface area contributed by atoms with Crippen molar-refractivity contribution in [2.75, 3.05) is 0 Å². The van der Waals surface area contributed by atoms with E-state index in [-0.39, 0.29) is 0 Å². The Hall–Kier alpha value is 0.0649. The van der Waals surface area contributed by atoms with Gasteiger partial charge in [0.15, 0.2) is 0 Å². The molecule has 88 valence electrons. The Kier molecular flexibility index (Phi) is 5.43. The minimum Gasteiger partial charge on any atom is -0.0774 e. The van der Waals surface area contributed by atoms with Gasteiger partial charge in [-0.3, -0.25) is 0 Å². The molecule has 1 heteroatoms. The Morgan fingerprint density at radius 2 is 1.27 bits per heavy atom. The summed E-state index contributed by atoms with van der Waals surface area (Å²) < 4.78 is 0. The molecule has 0 heterocycles. The van der Waals surface area contributed by atoms with Crippen LogP contribution in [0.15, 0.2) is 0 Å². The molecule has 0 aliphatic carbocycles. The summed E-state index contributed by atoms with van der Waals surface area (Å²) in [5, 5.41) is 0. The van der Waals surface area contributed by atoms with Crippen molar-refractivity contribution in [2.24, 2.45) is 29.1 Å². The van der Waals surface area contributed by atoms with Gasteiger partial charge in [0.2, 0.25) is 0 Å². The van der Waals surface area contributed by atoms with E-state index in [1.165, 1.54) is 0 Å². The van der Waals surface area contributed by atoms with Crippen molar-refractivity contribution in [1.29, 1.82) is 0 Å². The molecule has 0 spiro atoms. The van der Waals surface area contributed by atoms with Crippen LogP contribution in [0.4, 0.5) is 0 Å². The molecule has 0 rings (SSSR count). The van der Waals surface area contributed by atoms with E-state index in [4.69, 9.17) is 7.85 Å². The third-order valence-corrected chi connectivity index (χ3v) is 4.15. The van der Waals surface area contributed by atoms with E-state index in [2.05, 4.69) is 55.4 Å². The van der Waals surface area contributed by atoms with E-state index in [0.29, 0.717) is 34.9 Å². The molecule has 0 fully saturated rings. The zero-order valence-electron chi connectivity index (χ0n) is 12.0. The first-order valence-corrected chi connectivity index (χ1v) is 6.34. The maximum atomic E-state index is 6.06. The molecule has 0 aliphatic rings. The fourth-order valence-electron chi connectivity index (χ4n) is 2.57. The lowest BCUT2D eigenvalue weighted by molar-refractivity contribution is 0.0920. The summed E-state index contributed by atoms with van der Waals surface area (Å²) in [6, 6.07) is 0. The van der Waals surface area contributed by atoms with E-state index in [1.807, 2.05) is 0 Å². The van der Waals surface area contributed by atoms with Gasteiger partial charge in [-0.25, -0.2) is 0 Å². The summed E-state index contributed by atoms with van der Waals surface area (Å²) in [5.74, 6) is 3.02. The second-order valence-electron chi connectivity index (χ2n) is 6.69. The summed E-state index contributed by atoms with van der Waals surface area (Å²) in [7, 11) is 6.06. The second-order valence-corrected chi connectivity index (χ2v) is 6.69. The smallest absolute Gasteiger partial charge is 0.0699 e. The zero-order chi connectivity index (χ0) is 12.4. The normalized spacial score (nSPS) is 21.1. The van der Waals surface area contributed by atoms with Crippen LogP contribution in [0.2, 0.25) is 5.82 Å². The molecule has 0 N–H and O–H groups in total. The molecular weight excluding hydrogens is 179 g/mol. The van der Waals surface area contributed by atoms with Gasteiger partial charge in [0.05, 0.1) is 7.85 Å². The highest BCUT2D eigenvalue weighted by Crippen LogP contribution is 2.42. The monoisotopic (exact) mass is 208 g/mol. The molecule has 0 aliphatic heterocycles. The van der Waals surface area contributed by atoms with E-state index in [1.54, 1.807) is 0 Å². The standard InChI is InChI=1S/C14H29B/c1-9(2)13(10(3)12(5)15)11(4)14(6,7)8/h9-13H,1-8H3. The van der Waals surface area contributed by atoms with E-state index < -0.39 is 0 Å². The average molecular weight is 208 g/mol. The molecule has 0 bridgehead atoms. The van der Waals surface area contributed by atoms with Crippen molar-refractivity contribution in [1.82, 2.24) is 0 Å². The van der Waals surface area contributed by atoms with Crippen LogP contribution in [-0.2, 0) is 0 Å². The fourth-order valence-corrected chi connectivity index (χ4v) is 2.57. The zero-order valence-corrected chi connectivity index (χ0v) is 12.0. The number of rotatable bonds is 4. The van der Waals surface area contributed by atoms with E-state index in [9.17, 15) is 0 Å². The molecule has 2 radical (unpaired) electrons. The third-order valence-electron chi connectivity index (χ3n) is 4.15. The maximum Gasteiger partial charge on any atom is 0.0699 e. The van der Waals surface area contributed by atoms with Gasteiger partial charge < -0.3 is 0 Å². The van der Waals surface area contributed by atoms with Crippen LogP contribution in [-0.4, -0.2) is 7.85 Å². The first-order chi connectivity index (χ1) is 6.59. The summed E-state index contributed by atoms with van der Waals surface area (Å²) in [6.45, 7) is 18.5. The topological polar surface area (TPSA) is 0 Å². The molecule has 0 aromatic heterocycles. The fraction of sp³-hybridized carbons (Fsp3) is 1.00. The number of hydrogen-bond donors (Lipinski definition) is 0. The van der Waals surface area contributed by atoms with Crippen molar-refractivity contribution >= 4 is 7.85 Å². The van der Waals surface area contributed by atoms with Crippen LogP contribution < -0.4 is 0 Å². The van der Waals surface area contributed by atoms with Gasteiger partial charge in [0.1, 0.15) is 0 Å². The van der Waals surface area contributed by atoms with Gasteiger partial charge >= 0.3 is 0 Å². The van der Waals surface area contributed by atoms with Crippen LogP contribution in [0.3, 0.4) is 0 Å². The van der Waals surface area contributed by atoms with Crippen molar-refractivity contribution in [2.45, 2.75) is 61.2 Å².